The first-order valence-corrected chi connectivity index (χ1v) is 6.38. The van der Waals surface area contributed by atoms with Crippen LogP contribution in [0.5, 0.6) is 0 Å². The van der Waals surface area contributed by atoms with Crippen LogP contribution >= 0.6 is 11.3 Å². The number of hydrogen-bond donors (Lipinski definition) is 1. The molecule has 2 heterocycles. The first-order chi connectivity index (χ1) is 7.43. The van der Waals surface area contributed by atoms with Crippen molar-refractivity contribution in [3.8, 4) is 0 Å². The number of nitrogens with zero attached hydrogens (tertiary/aromatic N) is 1. The molecule has 1 saturated heterocycles. The zero-order valence-corrected chi connectivity index (χ0v) is 9.39. The Morgan fingerprint density at radius 3 is 3.20 bits per heavy atom. The van der Waals surface area contributed by atoms with Crippen LogP contribution in [0, 0.1) is 0 Å². The molecule has 1 aromatic heterocycles. The van der Waals surface area contributed by atoms with E-state index in [2.05, 4.69) is 28.5 Å². The lowest BCUT2D eigenvalue weighted by atomic mass is 9.97. The molecule has 0 aliphatic carbocycles. The molecule has 0 spiro atoms. The normalized spacial score (nSPS) is 22.0. The Hall–Kier alpha value is -0.930. The molecule has 0 bridgehead atoms. The van der Waals surface area contributed by atoms with Crippen molar-refractivity contribution in [2.24, 2.45) is 0 Å². The minimum Gasteiger partial charge on any atom is -0.310 e. The Morgan fingerprint density at radius 2 is 2.33 bits per heavy atom. The molecule has 78 valence electrons. The Kier molecular flexibility index (Phi) is 2.43. The van der Waals surface area contributed by atoms with Gasteiger partial charge in [-0.15, -0.1) is 11.3 Å². The Morgan fingerprint density at radius 1 is 1.33 bits per heavy atom. The van der Waals surface area contributed by atoms with Crippen LogP contribution in [0.4, 0.5) is 0 Å². The maximum absolute atomic E-state index is 4.36. The van der Waals surface area contributed by atoms with Gasteiger partial charge in [0.1, 0.15) is 0 Å². The zero-order chi connectivity index (χ0) is 10.1. The summed E-state index contributed by atoms with van der Waals surface area (Å²) >= 11 is 1.71. The van der Waals surface area contributed by atoms with E-state index in [0.29, 0.717) is 6.04 Å². The first kappa shape index (κ1) is 9.31. The number of benzene rings is 1. The van der Waals surface area contributed by atoms with E-state index in [1.165, 1.54) is 29.5 Å². The van der Waals surface area contributed by atoms with Crippen molar-refractivity contribution in [2.75, 3.05) is 6.54 Å². The molecule has 1 N–H and O–H groups in total. The number of nitrogens with one attached hydrogen (secondary N) is 1. The number of hydrogen-bond acceptors (Lipinski definition) is 3. The highest BCUT2D eigenvalue weighted by Crippen LogP contribution is 2.26. The van der Waals surface area contributed by atoms with Gasteiger partial charge in [-0.1, -0.05) is 12.5 Å². The maximum Gasteiger partial charge on any atom is 0.0815 e. The number of thiazole rings is 1. The molecule has 2 nitrogen and oxygen atoms in total. The van der Waals surface area contributed by atoms with E-state index < -0.39 is 0 Å². The summed E-state index contributed by atoms with van der Waals surface area (Å²) in [6.07, 6.45) is 3.91. The zero-order valence-electron chi connectivity index (χ0n) is 8.57. The van der Waals surface area contributed by atoms with Gasteiger partial charge in [-0.2, -0.15) is 0 Å². The van der Waals surface area contributed by atoms with Gasteiger partial charge in [-0.05, 0) is 37.1 Å². The van der Waals surface area contributed by atoms with Crippen molar-refractivity contribution < 1.29 is 0 Å². The van der Waals surface area contributed by atoms with E-state index in [1.807, 2.05) is 5.51 Å². The third-order valence-electron chi connectivity index (χ3n) is 3.07. The van der Waals surface area contributed by atoms with Crippen molar-refractivity contribution in [1.82, 2.24) is 10.3 Å². The Balaban J connectivity index is 1.95. The van der Waals surface area contributed by atoms with Gasteiger partial charge in [0.05, 0.1) is 15.7 Å². The van der Waals surface area contributed by atoms with Crippen molar-refractivity contribution in [1.29, 1.82) is 0 Å². The third kappa shape index (κ3) is 1.77. The summed E-state index contributed by atoms with van der Waals surface area (Å²) in [6.45, 7) is 1.15. The molecular weight excluding hydrogens is 204 g/mol. The van der Waals surface area contributed by atoms with E-state index in [4.69, 9.17) is 0 Å². The van der Waals surface area contributed by atoms with Crippen LogP contribution < -0.4 is 5.32 Å². The number of fused-ring (bicyclic) bond motifs is 1. The molecule has 3 rings (SSSR count). The van der Waals surface area contributed by atoms with Gasteiger partial charge in [-0.25, -0.2) is 4.98 Å². The molecule has 1 fully saturated rings. The summed E-state index contributed by atoms with van der Waals surface area (Å²) in [5.74, 6) is 0. The van der Waals surface area contributed by atoms with Gasteiger partial charge in [-0.3, -0.25) is 0 Å². The molecular formula is C12H14N2S. The van der Waals surface area contributed by atoms with Crippen LogP contribution in [0.15, 0.2) is 23.7 Å². The minimum absolute atomic E-state index is 0.546. The highest BCUT2D eigenvalue weighted by molar-refractivity contribution is 7.16. The second kappa shape index (κ2) is 3.91. The van der Waals surface area contributed by atoms with Crippen LogP contribution in [0.25, 0.3) is 10.2 Å². The average Bonchev–Trinajstić information content (AvgIpc) is 2.77. The average molecular weight is 218 g/mol. The molecule has 3 heteroatoms. The first-order valence-electron chi connectivity index (χ1n) is 5.50. The molecule has 2 aromatic rings. The van der Waals surface area contributed by atoms with Crippen molar-refractivity contribution in [2.45, 2.75) is 25.3 Å². The molecule has 1 unspecified atom stereocenters. The smallest absolute Gasteiger partial charge is 0.0815 e. The van der Waals surface area contributed by atoms with Crippen molar-refractivity contribution >= 4 is 21.6 Å². The largest absolute Gasteiger partial charge is 0.310 e. The van der Waals surface area contributed by atoms with Gasteiger partial charge in [0, 0.05) is 6.04 Å². The molecule has 0 radical (unpaired) electrons. The van der Waals surface area contributed by atoms with Crippen molar-refractivity contribution in [3.05, 3.63) is 29.3 Å². The summed E-state index contributed by atoms with van der Waals surface area (Å²) in [7, 11) is 0. The number of piperidine rings is 1. The molecule has 1 aliphatic heterocycles. The molecule has 0 amide bonds. The second-order valence-electron chi connectivity index (χ2n) is 4.08. The van der Waals surface area contributed by atoms with Gasteiger partial charge in [0.2, 0.25) is 0 Å². The quantitative estimate of drug-likeness (QED) is 0.795. The summed E-state index contributed by atoms with van der Waals surface area (Å²) < 4.78 is 1.29. The molecule has 0 saturated carbocycles. The van der Waals surface area contributed by atoms with Crippen LogP contribution in [0.3, 0.4) is 0 Å². The topological polar surface area (TPSA) is 24.9 Å². The van der Waals surface area contributed by atoms with E-state index in [1.54, 1.807) is 11.3 Å². The minimum atomic E-state index is 0.546. The van der Waals surface area contributed by atoms with E-state index in [-0.39, 0.29) is 0 Å². The van der Waals surface area contributed by atoms with Crippen molar-refractivity contribution in [3.63, 3.8) is 0 Å². The highest BCUT2D eigenvalue weighted by Gasteiger charge is 2.14. The Labute approximate surface area is 93.3 Å². The van der Waals surface area contributed by atoms with E-state index >= 15 is 0 Å². The van der Waals surface area contributed by atoms with Crippen LogP contribution in [-0.2, 0) is 0 Å². The van der Waals surface area contributed by atoms with Crippen LogP contribution in [0.2, 0.25) is 0 Å². The molecule has 1 atom stereocenters. The van der Waals surface area contributed by atoms with E-state index in [0.717, 1.165) is 12.1 Å². The molecule has 1 aromatic carbocycles. The standard InChI is InChI=1S/C12H14N2S/c1-2-6-13-10(3-1)9-4-5-12-11(7-9)14-8-15-12/h4-5,7-8,10,13H,1-3,6H2. The SMILES string of the molecule is c1nc2cc(C3CCCCN3)ccc2s1. The summed E-state index contributed by atoms with van der Waals surface area (Å²) in [4.78, 5) is 4.36. The Bertz CT molecular complexity index is 457. The van der Waals surface area contributed by atoms with Gasteiger partial charge in [0.15, 0.2) is 0 Å². The number of rotatable bonds is 1. The van der Waals surface area contributed by atoms with Crippen LogP contribution in [-0.4, -0.2) is 11.5 Å². The van der Waals surface area contributed by atoms with Gasteiger partial charge in [0.25, 0.3) is 0 Å². The fraction of sp³-hybridized carbons (Fsp3) is 0.417. The van der Waals surface area contributed by atoms with Gasteiger partial charge >= 0.3 is 0 Å². The van der Waals surface area contributed by atoms with E-state index in [9.17, 15) is 0 Å². The predicted molar refractivity (Wildman–Crippen MR) is 64.2 cm³/mol. The molecule has 1 aliphatic rings. The summed E-state index contributed by atoms with van der Waals surface area (Å²) in [5, 5.41) is 3.57. The fourth-order valence-corrected chi connectivity index (χ4v) is 2.89. The molecule has 15 heavy (non-hydrogen) atoms. The van der Waals surface area contributed by atoms with Gasteiger partial charge < -0.3 is 5.32 Å². The fourth-order valence-electron chi connectivity index (χ4n) is 2.23. The lowest BCUT2D eigenvalue weighted by Gasteiger charge is -2.23. The highest BCUT2D eigenvalue weighted by atomic mass is 32.1. The summed E-state index contributed by atoms with van der Waals surface area (Å²) in [6, 6.07) is 7.21. The second-order valence-corrected chi connectivity index (χ2v) is 4.97. The predicted octanol–water partition coefficient (Wildman–Crippen LogP) is 3.11. The lowest BCUT2D eigenvalue weighted by Crippen LogP contribution is -2.26. The summed E-state index contributed by atoms with van der Waals surface area (Å²) in [5.41, 5.74) is 4.46. The lowest BCUT2D eigenvalue weighted by molar-refractivity contribution is 0.412. The number of aromatic nitrogens is 1. The monoisotopic (exact) mass is 218 g/mol. The third-order valence-corrected chi connectivity index (χ3v) is 3.88. The maximum atomic E-state index is 4.36. The van der Waals surface area contributed by atoms with Crippen LogP contribution in [0.1, 0.15) is 30.9 Å².